The first-order valence-electron chi connectivity index (χ1n) is 10.6. The molecule has 0 unspecified atom stereocenters. The van der Waals surface area contributed by atoms with Crippen molar-refractivity contribution in [1.29, 1.82) is 0 Å². The van der Waals surface area contributed by atoms with Gasteiger partial charge in [0.25, 0.3) is 0 Å². The number of alkyl carbamates (subject to hydrolysis) is 1. The third-order valence-corrected chi connectivity index (χ3v) is 5.92. The summed E-state index contributed by atoms with van der Waals surface area (Å²) in [6.07, 6.45) is 3.80. The average molecular weight is 395 g/mol. The summed E-state index contributed by atoms with van der Waals surface area (Å²) in [4.78, 5) is 14.7. The maximum absolute atomic E-state index is 12.2. The minimum Gasteiger partial charge on any atom is -0.445 e. The molecule has 0 radical (unpaired) electrons. The number of rotatable bonds is 7. The van der Waals surface area contributed by atoms with Crippen LogP contribution in [0.2, 0.25) is 0 Å². The zero-order valence-electron chi connectivity index (χ0n) is 16.8. The molecule has 1 aliphatic carbocycles. The zero-order valence-corrected chi connectivity index (χ0v) is 16.8. The van der Waals surface area contributed by atoms with Crippen LogP contribution in [0.25, 0.3) is 0 Å². The van der Waals surface area contributed by atoms with Crippen LogP contribution in [0.3, 0.4) is 0 Å². The van der Waals surface area contributed by atoms with Crippen molar-refractivity contribution in [3.63, 3.8) is 0 Å². The Morgan fingerprint density at radius 2 is 1.62 bits per heavy atom. The van der Waals surface area contributed by atoms with Crippen LogP contribution in [0, 0.1) is 5.92 Å². The van der Waals surface area contributed by atoms with Crippen molar-refractivity contribution in [2.75, 3.05) is 24.7 Å². The Balaban J connectivity index is 1.26. The number of benzene rings is 2. The topological polar surface area (TPSA) is 50.8 Å². The summed E-state index contributed by atoms with van der Waals surface area (Å²) >= 11 is 0. The van der Waals surface area contributed by atoms with E-state index in [2.05, 4.69) is 40.5 Å². The molecule has 2 aromatic rings. The molecule has 1 aliphatic heterocycles. The Labute approximate surface area is 173 Å². The van der Waals surface area contributed by atoms with Gasteiger partial charge in [0.2, 0.25) is 0 Å². The number of nitrogens with one attached hydrogen (secondary N) is 1. The molecule has 0 spiro atoms. The SMILES string of the molecule is O=C(N[C@H]1CC[C@@H](N(CC2COC2)c2ccccc2)CC1)OCc1ccccc1. The van der Waals surface area contributed by atoms with Crippen LogP contribution in [-0.4, -0.2) is 37.9 Å². The Morgan fingerprint density at radius 1 is 0.966 bits per heavy atom. The summed E-state index contributed by atoms with van der Waals surface area (Å²) in [6, 6.07) is 21.2. The molecule has 2 aromatic carbocycles. The molecule has 5 heteroatoms. The largest absolute Gasteiger partial charge is 0.445 e. The monoisotopic (exact) mass is 394 g/mol. The smallest absolute Gasteiger partial charge is 0.407 e. The second-order valence-corrected chi connectivity index (χ2v) is 8.10. The summed E-state index contributed by atoms with van der Waals surface area (Å²) in [5.41, 5.74) is 2.29. The molecule has 1 saturated carbocycles. The van der Waals surface area contributed by atoms with Gasteiger partial charge in [0, 0.05) is 30.2 Å². The van der Waals surface area contributed by atoms with E-state index in [9.17, 15) is 4.79 Å². The molecular weight excluding hydrogens is 364 g/mol. The van der Waals surface area contributed by atoms with E-state index >= 15 is 0 Å². The van der Waals surface area contributed by atoms with E-state index < -0.39 is 0 Å². The Hall–Kier alpha value is -2.53. The van der Waals surface area contributed by atoms with E-state index in [0.717, 1.165) is 51.0 Å². The lowest BCUT2D eigenvalue weighted by atomic mass is 9.89. The molecule has 0 aromatic heterocycles. The van der Waals surface area contributed by atoms with Gasteiger partial charge in [0.05, 0.1) is 13.2 Å². The van der Waals surface area contributed by atoms with E-state index in [0.29, 0.717) is 18.6 Å². The molecule has 1 saturated heterocycles. The first-order valence-corrected chi connectivity index (χ1v) is 10.6. The molecule has 1 N–H and O–H groups in total. The van der Waals surface area contributed by atoms with Gasteiger partial charge in [-0.1, -0.05) is 48.5 Å². The van der Waals surface area contributed by atoms with Crippen molar-refractivity contribution >= 4 is 11.8 Å². The molecule has 0 atom stereocenters. The van der Waals surface area contributed by atoms with Crippen LogP contribution in [0.15, 0.2) is 60.7 Å². The lowest BCUT2D eigenvalue weighted by Gasteiger charge is -2.41. The third-order valence-electron chi connectivity index (χ3n) is 5.92. The van der Waals surface area contributed by atoms with Gasteiger partial charge < -0.3 is 19.7 Å². The zero-order chi connectivity index (χ0) is 19.9. The second-order valence-electron chi connectivity index (χ2n) is 8.10. The van der Waals surface area contributed by atoms with Gasteiger partial charge in [-0.05, 0) is 43.4 Å². The fourth-order valence-electron chi connectivity index (χ4n) is 4.22. The van der Waals surface area contributed by atoms with Gasteiger partial charge in [0.15, 0.2) is 0 Å². The third kappa shape index (κ3) is 5.51. The number of para-hydroxylation sites is 1. The number of nitrogens with zero attached hydrogens (tertiary/aromatic N) is 1. The van der Waals surface area contributed by atoms with Crippen molar-refractivity contribution in [1.82, 2.24) is 5.32 Å². The van der Waals surface area contributed by atoms with E-state index in [1.807, 2.05) is 30.3 Å². The van der Waals surface area contributed by atoms with Crippen LogP contribution in [0.5, 0.6) is 0 Å². The molecule has 5 nitrogen and oxygen atoms in total. The molecule has 0 bridgehead atoms. The predicted octanol–water partition coefficient (Wildman–Crippen LogP) is 4.38. The van der Waals surface area contributed by atoms with Crippen LogP contribution in [-0.2, 0) is 16.1 Å². The average Bonchev–Trinajstić information content (AvgIpc) is 2.74. The van der Waals surface area contributed by atoms with E-state index in [1.165, 1.54) is 5.69 Å². The molecule has 1 amide bonds. The summed E-state index contributed by atoms with van der Waals surface area (Å²) in [6.45, 7) is 3.10. The van der Waals surface area contributed by atoms with Crippen LogP contribution >= 0.6 is 0 Å². The van der Waals surface area contributed by atoms with Gasteiger partial charge in [-0.2, -0.15) is 0 Å². The Bertz CT molecular complexity index is 756. The molecule has 154 valence electrons. The minimum atomic E-state index is -0.316. The van der Waals surface area contributed by atoms with E-state index in [-0.39, 0.29) is 12.1 Å². The molecule has 4 rings (SSSR count). The van der Waals surface area contributed by atoms with Crippen molar-refractivity contribution in [3.05, 3.63) is 66.2 Å². The quantitative estimate of drug-likeness (QED) is 0.757. The fraction of sp³-hybridized carbons (Fsp3) is 0.458. The van der Waals surface area contributed by atoms with Crippen molar-refractivity contribution < 1.29 is 14.3 Å². The van der Waals surface area contributed by atoms with E-state index in [4.69, 9.17) is 9.47 Å². The number of carbonyl (C=O) groups excluding carboxylic acids is 1. The number of hydrogen-bond donors (Lipinski definition) is 1. The minimum absolute atomic E-state index is 0.194. The normalized spacial score (nSPS) is 21.8. The first kappa shape index (κ1) is 19.8. The molecule has 2 fully saturated rings. The van der Waals surface area contributed by atoms with Crippen LogP contribution < -0.4 is 10.2 Å². The summed E-state index contributed by atoms with van der Waals surface area (Å²) < 4.78 is 10.8. The van der Waals surface area contributed by atoms with Gasteiger partial charge >= 0.3 is 6.09 Å². The molecule has 2 aliphatic rings. The summed E-state index contributed by atoms with van der Waals surface area (Å²) in [5, 5.41) is 3.05. The highest BCUT2D eigenvalue weighted by molar-refractivity contribution is 5.67. The van der Waals surface area contributed by atoms with Gasteiger partial charge in [-0.15, -0.1) is 0 Å². The fourth-order valence-corrected chi connectivity index (χ4v) is 4.22. The lowest BCUT2D eigenvalue weighted by Crippen LogP contribution is -2.48. The number of hydrogen-bond acceptors (Lipinski definition) is 4. The number of carbonyl (C=O) groups is 1. The van der Waals surface area contributed by atoms with Crippen molar-refractivity contribution in [3.8, 4) is 0 Å². The number of amides is 1. The maximum atomic E-state index is 12.2. The highest BCUT2D eigenvalue weighted by Gasteiger charge is 2.30. The van der Waals surface area contributed by atoms with Gasteiger partial charge in [-0.25, -0.2) is 4.79 Å². The first-order chi connectivity index (χ1) is 14.3. The van der Waals surface area contributed by atoms with Crippen molar-refractivity contribution in [2.24, 2.45) is 5.92 Å². The summed E-state index contributed by atoms with van der Waals surface area (Å²) in [5.74, 6) is 0.624. The molecular formula is C24H30N2O3. The van der Waals surface area contributed by atoms with Crippen LogP contribution in [0.1, 0.15) is 31.2 Å². The van der Waals surface area contributed by atoms with Gasteiger partial charge in [0.1, 0.15) is 6.61 Å². The molecule has 29 heavy (non-hydrogen) atoms. The van der Waals surface area contributed by atoms with E-state index in [1.54, 1.807) is 0 Å². The van der Waals surface area contributed by atoms with Crippen LogP contribution in [0.4, 0.5) is 10.5 Å². The summed E-state index contributed by atoms with van der Waals surface area (Å²) in [7, 11) is 0. The maximum Gasteiger partial charge on any atom is 0.407 e. The standard InChI is InChI=1S/C24H30N2O3/c27-24(29-18-19-7-3-1-4-8-19)25-21-11-13-23(14-12-21)26(15-20-16-28-17-20)22-9-5-2-6-10-22/h1-10,20-21,23H,11-18H2,(H,25,27)/t21-,23+. The number of anilines is 1. The predicted molar refractivity (Wildman–Crippen MR) is 114 cm³/mol. The number of ether oxygens (including phenoxy) is 2. The Morgan fingerprint density at radius 3 is 2.24 bits per heavy atom. The highest BCUT2D eigenvalue weighted by Crippen LogP contribution is 2.29. The Kier molecular flexibility index (Phi) is 6.67. The second kappa shape index (κ2) is 9.79. The lowest BCUT2D eigenvalue weighted by molar-refractivity contribution is -0.0286. The van der Waals surface area contributed by atoms with Gasteiger partial charge in [-0.3, -0.25) is 0 Å². The highest BCUT2D eigenvalue weighted by atomic mass is 16.5. The van der Waals surface area contributed by atoms with Crippen molar-refractivity contribution in [2.45, 2.75) is 44.4 Å². The molecule has 1 heterocycles.